The van der Waals surface area contributed by atoms with Gasteiger partial charge in [-0.15, -0.1) is 0 Å². The fourth-order valence-corrected chi connectivity index (χ4v) is 2.20. The summed E-state index contributed by atoms with van der Waals surface area (Å²) >= 11 is 0. The maximum absolute atomic E-state index is 12.1. The molecule has 2 aromatic rings. The van der Waals surface area contributed by atoms with Gasteiger partial charge < -0.3 is 14.6 Å². The van der Waals surface area contributed by atoms with E-state index < -0.39 is 5.97 Å². The molecular weight excluding hydrogens is 308 g/mol. The van der Waals surface area contributed by atoms with E-state index in [-0.39, 0.29) is 23.6 Å². The number of pyridine rings is 1. The summed E-state index contributed by atoms with van der Waals surface area (Å²) in [5, 5.41) is 2.73. The molecule has 0 unspecified atom stereocenters. The van der Waals surface area contributed by atoms with Crippen molar-refractivity contribution in [2.24, 2.45) is 0 Å². The number of rotatable bonds is 5. The van der Waals surface area contributed by atoms with Gasteiger partial charge in [0.1, 0.15) is 6.54 Å². The van der Waals surface area contributed by atoms with Crippen molar-refractivity contribution >= 4 is 17.6 Å². The second-order valence-electron chi connectivity index (χ2n) is 5.70. The molecule has 0 aliphatic rings. The van der Waals surface area contributed by atoms with Gasteiger partial charge >= 0.3 is 5.97 Å². The molecule has 6 nitrogen and oxygen atoms in total. The maximum atomic E-state index is 12.1. The molecule has 0 saturated carbocycles. The van der Waals surface area contributed by atoms with Gasteiger partial charge in [0.05, 0.1) is 12.7 Å². The fourth-order valence-electron chi connectivity index (χ4n) is 2.20. The molecule has 126 valence electrons. The van der Waals surface area contributed by atoms with E-state index >= 15 is 0 Å². The molecule has 2 rings (SSSR count). The van der Waals surface area contributed by atoms with Crippen LogP contribution in [0.3, 0.4) is 0 Å². The third-order valence-corrected chi connectivity index (χ3v) is 3.58. The summed E-state index contributed by atoms with van der Waals surface area (Å²) in [5.74, 6) is -0.501. The SMILES string of the molecule is COC(=O)c1ccc(=O)n(CC(=O)Nc2ccc(C(C)C)cc2)c1. The Hall–Kier alpha value is -2.89. The quantitative estimate of drug-likeness (QED) is 0.855. The first kappa shape index (κ1) is 17.5. The Morgan fingerprint density at radius 2 is 1.79 bits per heavy atom. The molecule has 24 heavy (non-hydrogen) atoms. The molecule has 1 heterocycles. The number of methoxy groups -OCH3 is 1. The molecule has 1 amide bonds. The normalized spacial score (nSPS) is 10.5. The van der Waals surface area contributed by atoms with Crippen molar-refractivity contribution < 1.29 is 14.3 Å². The summed E-state index contributed by atoms with van der Waals surface area (Å²) in [5.41, 5.74) is 1.68. The Kier molecular flexibility index (Phi) is 5.52. The van der Waals surface area contributed by atoms with Crippen molar-refractivity contribution in [3.05, 3.63) is 64.1 Å². The summed E-state index contributed by atoms with van der Waals surface area (Å²) < 4.78 is 5.78. The first-order chi connectivity index (χ1) is 11.4. The molecule has 1 aromatic carbocycles. The molecule has 0 atom stereocenters. The Balaban J connectivity index is 2.09. The molecule has 0 aliphatic heterocycles. The Morgan fingerprint density at radius 1 is 1.12 bits per heavy atom. The number of carbonyl (C=O) groups is 2. The number of nitrogens with zero attached hydrogens (tertiary/aromatic N) is 1. The molecule has 0 radical (unpaired) electrons. The number of amides is 1. The summed E-state index contributed by atoms with van der Waals surface area (Å²) in [6, 6.07) is 10.1. The van der Waals surface area contributed by atoms with Crippen molar-refractivity contribution in [3.63, 3.8) is 0 Å². The van der Waals surface area contributed by atoms with Gasteiger partial charge in [-0.05, 0) is 29.7 Å². The molecule has 1 aromatic heterocycles. The number of nitrogens with one attached hydrogen (secondary N) is 1. The summed E-state index contributed by atoms with van der Waals surface area (Å²) in [6.07, 6.45) is 1.32. The molecule has 0 spiro atoms. The average Bonchev–Trinajstić information content (AvgIpc) is 2.56. The monoisotopic (exact) mass is 328 g/mol. The van der Waals surface area contributed by atoms with Gasteiger partial charge in [-0.3, -0.25) is 9.59 Å². The van der Waals surface area contributed by atoms with Crippen LogP contribution in [-0.2, 0) is 16.1 Å². The highest BCUT2D eigenvalue weighted by molar-refractivity contribution is 5.91. The lowest BCUT2D eigenvalue weighted by molar-refractivity contribution is -0.116. The third kappa shape index (κ3) is 4.32. The van der Waals surface area contributed by atoms with E-state index in [9.17, 15) is 14.4 Å². The predicted molar refractivity (Wildman–Crippen MR) is 91.2 cm³/mol. The second kappa shape index (κ2) is 7.59. The Bertz CT molecular complexity index is 791. The molecule has 6 heteroatoms. The van der Waals surface area contributed by atoms with Crippen LogP contribution < -0.4 is 10.9 Å². The second-order valence-corrected chi connectivity index (χ2v) is 5.70. The lowest BCUT2D eigenvalue weighted by Gasteiger charge is -2.10. The van der Waals surface area contributed by atoms with Crippen LogP contribution in [0.15, 0.2) is 47.4 Å². The van der Waals surface area contributed by atoms with E-state index in [1.807, 2.05) is 24.3 Å². The topological polar surface area (TPSA) is 77.4 Å². The largest absolute Gasteiger partial charge is 0.465 e. The van der Waals surface area contributed by atoms with E-state index in [2.05, 4.69) is 23.9 Å². The van der Waals surface area contributed by atoms with Gasteiger partial charge in [0.25, 0.3) is 5.56 Å². The van der Waals surface area contributed by atoms with Crippen LogP contribution in [0.2, 0.25) is 0 Å². The van der Waals surface area contributed by atoms with Crippen LogP contribution in [-0.4, -0.2) is 23.6 Å². The van der Waals surface area contributed by atoms with Crippen LogP contribution in [0.5, 0.6) is 0 Å². The minimum atomic E-state index is -0.562. The number of ether oxygens (including phenoxy) is 1. The minimum absolute atomic E-state index is 0.185. The lowest BCUT2D eigenvalue weighted by Crippen LogP contribution is -2.27. The smallest absolute Gasteiger partial charge is 0.339 e. The molecule has 1 N–H and O–H groups in total. The number of benzene rings is 1. The zero-order valence-corrected chi connectivity index (χ0v) is 13.9. The predicted octanol–water partition coefficient (Wildman–Crippen LogP) is 2.40. The maximum Gasteiger partial charge on any atom is 0.339 e. The van der Waals surface area contributed by atoms with Gasteiger partial charge in [0, 0.05) is 18.0 Å². The first-order valence-electron chi connectivity index (χ1n) is 7.59. The third-order valence-electron chi connectivity index (χ3n) is 3.58. The number of anilines is 1. The molecule has 0 fully saturated rings. The van der Waals surface area contributed by atoms with E-state index in [4.69, 9.17) is 0 Å². The van der Waals surface area contributed by atoms with E-state index in [1.165, 1.54) is 35.6 Å². The van der Waals surface area contributed by atoms with Gasteiger partial charge in [0.2, 0.25) is 5.91 Å². The minimum Gasteiger partial charge on any atom is -0.465 e. The van der Waals surface area contributed by atoms with Gasteiger partial charge in [-0.2, -0.15) is 0 Å². The highest BCUT2D eigenvalue weighted by Crippen LogP contribution is 2.17. The standard InChI is InChI=1S/C18H20N2O4/c1-12(2)13-4-7-15(8-5-13)19-16(21)11-20-10-14(18(23)24-3)6-9-17(20)22/h4-10,12H,11H2,1-3H3,(H,19,21). The van der Waals surface area contributed by atoms with Gasteiger partial charge in [-0.1, -0.05) is 26.0 Å². The van der Waals surface area contributed by atoms with Crippen LogP contribution in [0.25, 0.3) is 0 Å². The Labute approximate surface area is 140 Å². The average molecular weight is 328 g/mol. The highest BCUT2D eigenvalue weighted by Gasteiger charge is 2.10. The van der Waals surface area contributed by atoms with Crippen molar-refractivity contribution in [3.8, 4) is 0 Å². The zero-order chi connectivity index (χ0) is 17.7. The van der Waals surface area contributed by atoms with E-state index in [1.54, 1.807) is 0 Å². The summed E-state index contributed by atoms with van der Waals surface area (Å²) in [6.45, 7) is 4.00. The lowest BCUT2D eigenvalue weighted by atomic mass is 10.0. The molecule has 0 bridgehead atoms. The molecule has 0 saturated heterocycles. The van der Waals surface area contributed by atoms with Crippen LogP contribution in [0.1, 0.15) is 35.7 Å². The van der Waals surface area contributed by atoms with Crippen LogP contribution >= 0.6 is 0 Å². The van der Waals surface area contributed by atoms with Gasteiger partial charge in [-0.25, -0.2) is 4.79 Å². The van der Waals surface area contributed by atoms with E-state index in [0.29, 0.717) is 11.6 Å². The number of carbonyl (C=O) groups excluding carboxylic acids is 2. The summed E-state index contributed by atoms with van der Waals surface area (Å²) in [7, 11) is 1.26. The van der Waals surface area contributed by atoms with Crippen molar-refractivity contribution in [1.82, 2.24) is 4.57 Å². The van der Waals surface area contributed by atoms with Crippen molar-refractivity contribution in [1.29, 1.82) is 0 Å². The summed E-state index contributed by atoms with van der Waals surface area (Å²) in [4.78, 5) is 35.4. The number of esters is 1. The first-order valence-corrected chi connectivity index (χ1v) is 7.59. The zero-order valence-electron chi connectivity index (χ0n) is 13.9. The van der Waals surface area contributed by atoms with E-state index in [0.717, 1.165) is 0 Å². The van der Waals surface area contributed by atoms with Crippen LogP contribution in [0.4, 0.5) is 5.69 Å². The van der Waals surface area contributed by atoms with Crippen molar-refractivity contribution in [2.75, 3.05) is 12.4 Å². The fraction of sp³-hybridized carbons (Fsp3) is 0.278. The van der Waals surface area contributed by atoms with Crippen molar-refractivity contribution in [2.45, 2.75) is 26.3 Å². The number of hydrogen-bond acceptors (Lipinski definition) is 4. The Morgan fingerprint density at radius 3 is 2.38 bits per heavy atom. The number of hydrogen-bond donors (Lipinski definition) is 1. The van der Waals surface area contributed by atoms with Gasteiger partial charge in [0.15, 0.2) is 0 Å². The highest BCUT2D eigenvalue weighted by atomic mass is 16.5. The number of aromatic nitrogens is 1. The van der Waals surface area contributed by atoms with Crippen LogP contribution in [0, 0.1) is 0 Å². The molecule has 0 aliphatic carbocycles. The molecular formula is C18H20N2O4.